The van der Waals surface area contributed by atoms with E-state index in [4.69, 9.17) is 5.73 Å². The van der Waals surface area contributed by atoms with Crippen LogP contribution in [0.5, 0.6) is 5.75 Å². The van der Waals surface area contributed by atoms with Gasteiger partial charge in [-0.2, -0.15) is 0 Å². The number of primary amides is 1. The van der Waals surface area contributed by atoms with E-state index in [1.54, 1.807) is 63.4 Å². The number of ketones is 3. The number of rotatable bonds is 5. The van der Waals surface area contributed by atoms with Crippen molar-refractivity contribution in [2.45, 2.75) is 31.4 Å². The van der Waals surface area contributed by atoms with Gasteiger partial charge >= 0.3 is 0 Å². The highest BCUT2D eigenvalue weighted by Crippen LogP contribution is 2.54. The third-order valence-electron chi connectivity index (χ3n) is 8.76. The number of phenolic OH excluding ortho intramolecular Hbond substituents is 1. The molecule has 42 heavy (non-hydrogen) atoms. The van der Waals surface area contributed by atoms with E-state index in [-0.39, 0.29) is 41.1 Å². The maximum Gasteiger partial charge on any atom is 0.255 e. The smallest absolute Gasteiger partial charge is 0.255 e. The van der Waals surface area contributed by atoms with Gasteiger partial charge in [-0.25, -0.2) is 0 Å². The molecule has 3 aliphatic rings. The lowest BCUT2D eigenvalue weighted by atomic mass is 9.58. The van der Waals surface area contributed by atoms with E-state index in [1.165, 1.54) is 11.8 Å². The normalized spacial score (nSPS) is 25.3. The van der Waals surface area contributed by atoms with Crippen LogP contribution >= 0.6 is 0 Å². The van der Waals surface area contributed by atoms with Gasteiger partial charge in [-0.05, 0) is 63.0 Å². The summed E-state index contributed by atoms with van der Waals surface area (Å²) in [5.41, 5.74) is 3.84. The number of anilines is 1. The summed E-state index contributed by atoms with van der Waals surface area (Å²) in [6, 6.07) is 7.28. The molecule has 0 aliphatic heterocycles. The summed E-state index contributed by atoms with van der Waals surface area (Å²) >= 11 is 0. The molecular formula is C31H33N3O8. The summed E-state index contributed by atoms with van der Waals surface area (Å²) in [6.45, 7) is 1.42. The molecule has 4 atom stereocenters. The van der Waals surface area contributed by atoms with Gasteiger partial charge in [-0.1, -0.05) is 18.2 Å². The standard InChI is InChI=1S/C31H33N3O8/c1-13(35)14-7-6-8-15(9-14)17-12-20(33(2)3)18-10-16-11-19-24(34(4)5)27(38)23(30(32)41)29(40)31(19,42)28(39)21(16)26(37)22(18)25(17)36/h6-9,12,16,19,24,36,38-39,42H,10-11H2,1-5H3,(H2,32,41)/t16-,19-,24-,31-/m0/s1. The van der Waals surface area contributed by atoms with E-state index in [9.17, 15) is 39.6 Å². The number of carbonyl (C=O) groups excluding carboxylic acids is 4. The van der Waals surface area contributed by atoms with Crippen molar-refractivity contribution in [3.63, 3.8) is 0 Å². The molecule has 0 unspecified atom stereocenters. The molecule has 220 valence electrons. The fourth-order valence-electron chi connectivity index (χ4n) is 6.82. The summed E-state index contributed by atoms with van der Waals surface area (Å²) in [4.78, 5) is 55.2. The lowest BCUT2D eigenvalue weighted by molar-refractivity contribution is -0.148. The first kappa shape index (κ1) is 29.0. The zero-order valence-corrected chi connectivity index (χ0v) is 23.9. The Bertz CT molecular complexity index is 1650. The van der Waals surface area contributed by atoms with E-state index < -0.39 is 58.0 Å². The molecule has 0 bridgehead atoms. The van der Waals surface area contributed by atoms with Crippen LogP contribution in [-0.4, -0.2) is 88.4 Å². The van der Waals surface area contributed by atoms with Crippen LogP contribution in [0.15, 0.2) is 53.0 Å². The molecule has 0 fully saturated rings. The molecule has 1 amide bonds. The number of aromatic hydroxyl groups is 1. The van der Waals surface area contributed by atoms with Gasteiger partial charge in [0.2, 0.25) is 5.78 Å². The molecule has 0 saturated carbocycles. The SMILES string of the molecule is CC(=O)c1cccc(-c2cc(N(C)C)c3c(c2O)C(=O)C2=C(O)[C@]4(O)C(=O)C(C(N)=O)=C(O)[C@@H](N(C)C)[C@@H]4C[C@@H]2C3)c1. The van der Waals surface area contributed by atoms with Crippen LogP contribution in [0.25, 0.3) is 11.1 Å². The number of hydrogen-bond donors (Lipinski definition) is 5. The van der Waals surface area contributed by atoms with Gasteiger partial charge in [-0.15, -0.1) is 0 Å². The number of likely N-dealkylation sites (N-methyl/N-ethyl adjacent to an activating group) is 1. The fraction of sp³-hybridized carbons (Fsp3) is 0.355. The van der Waals surface area contributed by atoms with Crippen LogP contribution in [0, 0.1) is 11.8 Å². The number of benzene rings is 2. The predicted molar refractivity (Wildman–Crippen MR) is 153 cm³/mol. The number of phenols is 1. The molecule has 2 aromatic carbocycles. The quantitative estimate of drug-likeness (QED) is 0.261. The average molecular weight is 576 g/mol. The van der Waals surface area contributed by atoms with Crippen molar-refractivity contribution in [1.29, 1.82) is 0 Å². The average Bonchev–Trinajstić information content (AvgIpc) is 2.90. The second-order valence-corrected chi connectivity index (χ2v) is 11.6. The topological polar surface area (TPSA) is 182 Å². The van der Waals surface area contributed by atoms with Gasteiger partial charge in [0.25, 0.3) is 5.91 Å². The second kappa shape index (κ2) is 9.81. The first-order valence-electron chi connectivity index (χ1n) is 13.4. The molecule has 11 heteroatoms. The Labute approximate surface area is 242 Å². The largest absolute Gasteiger partial charge is 0.510 e. The van der Waals surface area contributed by atoms with Gasteiger partial charge in [0, 0.05) is 42.4 Å². The molecule has 0 spiro atoms. The minimum Gasteiger partial charge on any atom is -0.510 e. The summed E-state index contributed by atoms with van der Waals surface area (Å²) in [5.74, 6) is -7.20. The molecule has 0 aromatic heterocycles. The van der Waals surface area contributed by atoms with Crippen molar-refractivity contribution in [1.82, 2.24) is 4.90 Å². The predicted octanol–water partition coefficient (Wildman–Crippen LogP) is 2.06. The van der Waals surface area contributed by atoms with Crippen molar-refractivity contribution in [2.75, 3.05) is 33.1 Å². The first-order valence-corrected chi connectivity index (χ1v) is 13.4. The molecule has 0 saturated heterocycles. The summed E-state index contributed by atoms with van der Waals surface area (Å²) in [5, 5.41) is 45.8. The van der Waals surface area contributed by atoms with E-state index in [2.05, 4.69) is 0 Å². The van der Waals surface area contributed by atoms with Crippen molar-refractivity contribution >= 4 is 28.9 Å². The number of amides is 1. The summed E-state index contributed by atoms with van der Waals surface area (Å²) in [7, 11) is 6.73. The highest BCUT2D eigenvalue weighted by Gasteiger charge is 2.63. The van der Waals surface area contributed by atoms with E-state index >= 15 is 0 Å². The Kier molecular flexibility index (Phi) is 6.78. The van der Waals surface area contributed by atoms with Crippen LogP contribution in [0.1, 0.15) is 39.6 Å². The zero-order valence-electron chi connectivity index (χ0n) is 23.9. The third kappa shape index (κ3) is 3.95. The number of aliphatic hydroxyl groups is 3. The molecule has 6 N–H and O–H groups in total. The molecule has 2 aromatic rings. The summed E-state index contributed by atoms with van der Waals surface area (Å²) in [6.07, 6.45) is 0.172. The van der Waals surface area contributed by atoms with Gasteiger partial charge in [0.05, 0.1) is 11.6 Å². The number of fused-ring (bicyclic) bond motifs is 3. The number of nitrogens with zero attached hydrogens (tertiary/aromatic N) is 2. The Morgan fingerprint density at radius 3 is 2.29 bits per heavy atom. The Morgan fingerprint density at radius 2 is 1.71 bits per heavy atom. The van der Waals surface area contributed by atoms with Crippen LogP contribution in [-0.2, 0) is 16.0 Å². The lowest BCUT2D eigenvalue weighted by Crippen LogP contribution is -2.63. The van der Waals surface area contributed by atoms with E-state index in [1.807, 2.05) is 0 Å². The number of aliphatic hydroxyl groups excluding tert-OH is 2. The molecule has 3 aliphatic carbocycles. The Morgan fingerprint density at radius 1 is 1.05 bits per heavy atom. The Hall–Kier alpha value is -4.48. The molecule has 0 radical (unpaired) electrons. The van der Waals surface area contributed by atoms with Gasteiger partial charge in [0.15, 0.2) is 17.2 Å². The summed E-state index contributed by atoms with van der Waals surface area (Å²) < 4.78 is 0. The van der Waals surface area contributed by atoms with Crippen molar-refractivity contribution < 1.29 is 39.6 Å². The van der Waals surface area contributed by atoms with Crippen LogP contribution < -0.4 is 10.6 Å². The van der Waals surface area contributed by atoms with Gasteiger partial charge in [0.1, 0.15) is 22.8 Å². The zero-order chi connectivity index (χ0) is 31.0. The number of Topliss-reactive ketones (excluding diaryl/α,β-unsaturated/α-hetero) is 3. The van der Waals surface area contributed by atoms with Crippen molar-refractivity contribution in [2.24, 2.45) is 17.6 Å². The van der Waals surface area contributed by atoms with Crippen molar-refractivity contribution in [3.8, 4) is 16.9 Å². The maximum atomic E-state index is 14.2. The number of nitrogens with two attached hydrogens (primary N) is 1. The van der Waals surface area contributed by atoms with E-state index in [0.29, 0.717) is 22.4 Å². The third-order valence-corrected chi connectivity index (χ3v) is 8.76. The first-order chi connectivity index (χ1) is 19.6. The van der Waals surface area contributed by atoms with Crippen LogP contribution in [0.2, 0.25) is 0 Å². The van der Waals surface area contributed by atoms with Crippen LogP contribution in [0.4, 0.5) is 5.69 Å². The fourth-order valence-corrected chi connectivity index (χ4v) is 6.82. The molecule has 0 heterocycles. The number of hydrogen-bond acceptors (Lipinski definition) is 10. The monoisotopic (exact) mass is 575 g/mol. The van der Waals surface area contributed by atoms with E-state index in [0.717, 1.165) is 0 Å². The van der Waals surface area contributed by atoms with Crippen molar-refractivity contribution in [3.05, 3.63) is 69.7 Å². The molecule has 5 rings (SSSR count). The second-order valence-electron chi connectivity index (χ2n) is 11.6. The number of allylic oxidation sites excluding steroid dienone is 1. The molecule has 11 nitrogen and oxygen atoms in total. The lowest BCUT2D eigenvalue weighted by Gasteiger charge is -2.50. The maximum absolute atomic E-state index is 14.2. The minimum absolute atomic E-state index is 0.00179. The van der Waals surface area contributed by atoms with Gasteiger partial charge < -0.3 is 31.1 Å². The Balaban J connectivity index is 1.75. The van der Waals surface area contributed by atoms with Gasteiger partial charge in [-0.3, -0.25) is 24.1 Å². The number of carbonyl (C=O) groups is 4. The highest BCUT2D eigenvalue weighted by atomic mass is 16.3. The highest BCUT2D eigenvalue weighted by molar-refractivity contribution is 6.25. The molecular weight excluding hydrogens is 542 g/mol. The van der Waals surface area contributed by atoms with Crippen LogP contribution in [0.3, 0.4) is 0 Å². The minimum atomic E-state index is -2.71.